The summed E-state index contributed by atoms with van der Waals surface area (Å²) in [6.45, 7) is 0. The van der Waals surface area contributed by atoms with Gasteiger partial charge in [-0.05, 0) is 18.2 Å². The lowest BCUT2D eigenvalue weighted by atomic mass is 10.1. The van der Waals surface area contributed by atoms with Gasteiger partial charge in [-0.3, -0.25) is 10.6 Å². The van der Waals surface area contributed by atoms with E-state index in [1.807, 2.05) is 24.3 Å². The molecule has 0 spiro atoms. The Balaban J connectivity index is 2.42. The third-order valence-electron chi connectivity index (χ3n) is 2.31. The third kappa shape index (κ3) is 1.94. The highest BCUT2D eigenvalue weighted by Gasteiger charge is 2.00. The second-order valence-corrected chi connectivity index (χ2v) is 3.40. The van der Waals surface area contributed by atoms with Crippen LogP contribution in [0.25, 0.3) is 11.3 Å². The first-order valence-corrected chi connectivity index (χ1v) is 4.82. The van der Waals surface area contributed by atoms with Gasteiger partial charge >= 0.3 is 0 Å². The minimum absolute atomic E-state index is 0.121. The van der Waals surface area contributed by atoms with Crippen LogP contribution >= 0.6 is 0 Å². The summed E-state index contributed by atoms with van der Waals surface area (Å²) in [6.07, 6.45) is 0. The molecule has 3 N–H and O–H groups in total. The van der Waals surface area contributed by atoms with Gasteiger partial charge in [0.1, 0.15) is 0 Å². The van der Waals surface area contributed by atoms with E-state index in [1.165, 1.54) is 10.7 Å². The van der Waals surface area contributed by atoms with Crippen LogP contribution in [-0.4, -0.2) is 9.78 Å². The predicted molar refractivity (Wildman–Crippen MR) is 62.7 cm³/mol. The standard InChI is InChI=1S/C11H12N4O/c1-15-11(16)7-6-10(14-15)8-2-4-9(13-12)5-3-8/h2-7,13H,12H2,1H3. The summed E-state index contributed by atoms with van der Waals surface area (Å²) in [5, 5.41) is 4.15. The zero-order valence-electron chi connectivity index (χ0n) is 8.84. The highest BCUT2D eigenvalue weighted by molar-refractivity contribution is 5.61. The number of hydrogen-bond acceptors (Lipinski definition) is 4. The average molecular weight is 216 g/mol. The fraction of sp³-hybridized carbons (Fsp3) is 0.0909. The van der Waals surface area contributed by atoms with Gasteiger partial charge in [0.15, 0.2) is 0 Å². The normalized spacial score (nSPS) is 10.1. The summed E-state index contributed by atoms with van der Waals surface area (Å²) in [4.78, 5) is 11.2. The lowest BCUT2D eigenvalue weighted by Gasteiger charge is -2.04. The monoisotopic (exact) mass is 216 g/mol. The van der Waals surface area contributed by atoms with E-state index >= 15 is 0 Å². The second-order valence-electron chi connectivity index (χ2n) is 3.40. The second kappa shape index (κ2) is 4.16. The maximum Gasteiger partial charge on any atom is 0.266 e. The Labute approximate surface area is 92.5 Å². The van der Waals surface area contributed by atoms with Crippen molar-refractivity contribution in [2.45, 2.75) is 0 Å². The summed E-state index contributed by atoms with van der Waals surface area (Å²) in [5.74, 6) is 5.27. The van der Waals surface area contributed by atoms with E-state index in [4.69, 9.17) is 5.84 Å². The summed E-state index contributed by atoms with van der Waals surface area (Å²) in [7, 11) is 1.63. The molecule has 2 aromatic rings. The molecule has 0 aliphatic heterocycles. The molecule has 0 saturated heterocycles. The molecule has 0 unspecified atom stereocenters. The van der Waals surface area contributed by atoms with Gasteiger partial charge in [0.2, 0.25) is 0 Å². The first kappa shape index (κ1) is 10.4. The van der Waals surface area contributed by atoms with Crippen molar-refractivity contribution in [3.05, 3.63) is 46.8 Å². The molecule has 1 aromatic carbocycles. The Morgan fingerprint density at radius 2 is 1.88 bits per heavy atom. The van der Waals surface area contributed by atoms with Crippen molar-refractivity contribution in [1.82, 2.24) is 9.78 Å². The average Bonchev–Trinajstić information content (AvgIpc) is 2.33. The Morgan fingerprint density at radius 1 is 1.19 bits per heavy atom. The van der Waals surface area contributed by atoms with Crippen LogP contribution in [0.1, 0.15) is 0 Å². The molecule has 1 aromatic heterocycles. The molecule has 5 nitrogen and oxygen atoms in total. The highest BCUT2D eigenvalue weighted by atomic mass is 16.1. The number of rotatable bonds is 2. The lowest BCUT2D eigenvalue weighted by molar-refractivity contribution is 0.712. The molecule has 0 amide bonds. The van der Waals surface area contributed by atoms with Gasteiger partial charge in [0, 0.05) is 24.4 Å². The van der Waals surface area contributed by atoms with Gasteiger partial charge in [0.05, 0.1) is 5.69 Å². The Morgan fingerprint density at radius 3 is 2.44 bits per heavy atom. The molecule has 5 heteroatoms. The molecule has 16 heavy (non-hydrogen) atoms. The number of hydrogen-bond donors (Lipinski definition) is 2. The molecule has 82 valence electrons. The van der Waals surface area contributed by atoms with Crippen molar-refractivity contribution in [2.75, 3.05) is 5.43 Å². The Bertz CT molecular complexity index is 545. The molecule has 0 saturated carbocycles. The molecule has 0 bridgehead atoms. The SMILES string of the molecule is Cn1nc(-c2ccc(NN)cc2)ccc1=O. The number of nitrogen functional groups attached to an aromatic ring is 1. The van der Waals surface area contributed by atoms with Gasteiger partial charge < -0.3 is 5.43 Å². The maximum absolute atomic E-state index is 11.2. The highest BCUT2D eigenvalue weighted by Crippen LogP contribution is 2.17. The lowest BCUT2D eigenvalue weighted by Crippen LogP contribution is -2.18. The summed E-state index contributed by atoms with van der Waals surface area (Å²) in [6, 6.07) is 10.7. The number of aryl methyl sites for hydroxylation is 1. The van der Waals surface area contributed by atoms with Crippen LogP contribution in [0.4, 0.5) is 5.69 Å². The van der Waals surface area contributed by atoms with Crippen molar-refractivity contribution in [3.8, 4) is 11.3 Å². The number of anilines is 1. The largest absolute Gasteiger partial charge is 0.324 e. The van der Waals surface area contributed by atoms with E-state index in [0.29, 0.717) is 0 Å². The van der Waals surface area contributed by atoms with Crippen LogP contribution in [0.5, 0.6) is 0 Å². The minimum atomic E-state index is -0.121. The van der Waals surface area contributed by atoms with E-state index in [1.54, 1.807) is 13.1 Å². The number of nitrogens with zero attached hydrogens (tertiary/aromatic N) is 2. The summed E-state index contributed by atoms with van der Waals surface area (Å²) < 4.78 is 1.31. The molecular weight excluding hydrogens is 204 g/mol. The third-order valence-corrected chi connectivity index (χ3v) is 2.31. The van der Waals surface area contributed by atoms with E-state index < -0.39 is 0 Å². The summed E-state index contributed by atoms with van der Waals surface area (Å²) >= 11 is 0. The zero-order valence-corrected chi connectivity index (χ0v) is 8.84. The van der Waals surface area contributed by atoms with Crippen LogP contribution < -0.4 is 16.8 Å². The Kier molecular flexibility index (Phi) is 2.70. The smallest absolute Gasteiger partial charge is 0.266 e. The van der Waals surface area contributed by atoms with E-state index in [2.05, 4.69) is 10.5 Å². The van der Waals surface area contributed by atoms with Gasteiger partial charge in [-0.2, -0.15) is 5.10 Å². The maximum atomic E-state index is 11.2. The molecule has 0 atom stereocenters. The van der Waals surface area contributed by atoms with Gasteiger partial charge in [0.25, 0.3) is 5.56 Å². The van der Waals surface area contributed by atoms with Gasteiger partial charge in [-0.25, -0.2) is 4.68 Å². The number of aromatic nitrogens is 2. The molecule has 0 fully saturated rings. The molecule has 0 radical (unpaired) electrons. The Hall–Kier alpha value is -2.14. The van der Waals surface area contributed by atoms with Crippen molar-refractivity contribution in [3.63, 3.8) is 0 Å². The summed E-state index contributed by atoms with van der Waals surface area (Å²) in [5.41, 5.74) is 4.95. The van der Waals surface area contributed by atoms with Crippen molar-refractivity contribution in [1.29, 1.82) is 0 Å². The van der Waals surface area contributed by atoms with Crippen LogP contribution in [0.2, 0.25) is 0 Å². The van der Waals surface area contributed by atoms with Gasteiger partial charge in [-0.15, -0.1) is 0 Å². The van der Waals surface area contributed by atoms with E-state index in [0.717, 1.165) is 16.9 Å². The first-order valence-electron chi connectivity index (χ1n) is 4.82. The molecule has 0 aliphatic carbocycles. The number of hydrazine groups is 1. The quantitative estimate of drug-likeness (QED) is 0.573. The van der Waals surface area contributed by atoms with Crippen LogP contribution in [0, 0.1) is 0 Å². The fourth-order valence-corrected chi connectivity index (χ4v) is 1.39. The minimum Gasteiger partial charge on any atom is -0.324 e. The molecular formula is C11H12N4O. The van der Waals surface area contributed by atoms with Gasteiger partial charge in [-0.1, -0.05) is 12.1 Å². The number of nitrogens with two attached hydrogens (primary N) is 1. The van der Waals surface area contributed by atoms with Crippen molar-refractivity contribution in [2.24, 2.45) is 12.9 Å². The number of benzene rings is 1. The van der Waals surface area contributed by atoms with E-state index in [9.17, 15) is 4.79 Å². The number of nitrogens with one attached hydrogen (secondary N) is 1. The molecule has 2 rings (SSSR count). The first-order chi connectivity index (χ1) is 7.70. The van der Waals surface area contributed by atoms with Crippen molar-refractivity contribution >= 4 is 5.69 Å². The van der Waals surface area contributed by atoms with Crippen LogP contribution in [-0.2, 0) is 7.05 Å². The van der Waals surface area contributed by atoms with Crippen LogP contribution in [0.3, 0.4) is 0 Å². The van der Waals surface area contributed by atoms with E-state index in [-0.39, 0.29) is 5.56 Å². The molecule has 1 heterocycles. The fourth-order valence-electron chi connectivity index (χ4n) is 1.39. The van der Waals surface area contributed by atoms with Crippen molar-refractivity contribution < 1.29 is 0 Å². The topological polar surface area (TPSA) is 72.9 Å². The molecule has 0 aliphatic rings. The zero-order chi connectivity index (χ0) is 11.5. The van der Waals surface area contributed by atoms with Crippen LogP contribution in [0.15, 0.2) is 41.2 Å². The predicted octanol–water partition coefficient (Wildman–Crippen LogP) is 0.733.